The fraction of sp³-hybridized carbons (Fsp3) is 0.556. The second-order valence-corrected chi connectivity index (χ2v) is 7.75. The lowest BCUT2D eigenvalue weighted by molar-refractivity contribution is 0.148. The molecule has 3 heterocycles. The highest BCUT2D eigenvalue weighted by Crippen LogP contribution is 2.41. The van der Waals surface area contributed by atoms with Gasteiger partial charge in [-0.2, -0.15) is 0 Å². The van der Waals surface area contributed by atoms with Crippen molar-refractivity contribution < 1.29 is 4.79 Å². The van der Waals surface area contributed by atoms with E-state index in [4.69, 9.17) is 0 Å². The number of hydrogen-bond acceptors (Lipinski definition) is 3. The summed E-state index contributed by atoms with van der Waals surface area (Å²) in [5.74, 6) is 0.684. The van der Waals surface area contributed by atoms with Crippen LogP contribution in [0, 0.1) is 0 Å². The lowest BCUT2D eigenvalue weighted by Gasteiger charge is -2.36. The van der Waals surface area contributed by atoms with Gasteiger partial charge in [0.15, 0.2) is 0 Å². The molecule has 1 N–H and O–H groups in total. The van der Waals surface area contributed by atoms with Crippen molar-refractivity contribution in [1.29, 1.82) is 0 Å². The number of piperidine rings is 1. The molecule has 4 rings (SSSR count). The molecule has 6 heteroatoms. The molecule has 1 aliphatic heterocycles. The molecule has 2 fully saturated rings. The molecule has 0 spiro atoms. The van der Waals surface area contributed by atoms with Crippen molar-refractivity contribution in [1.82, 2.24) is 19.8 Å². The molecule has 0 aromatic carbocycles. The molecule has 128 valence electrons. The Labute approximate surface area is 146 Å². The highest BCUT2D eigenvalue weighted by atomic mass is 32.1. The summed E-state index contributed by atoms with van der Waals surface area (Å²) in [6.07, 6.45) is 7.88. The van der Waals surface area contributed by atoms with Crippen LogP contribution >= 0.6 is 11.3 Å². The molecule has 5 nitrogen and oxygen atoms in total. The minimum atomic E-state index is 0.0295. The van der Waals surface area contributed by atoms with Crippen molar-refractivity contribution in [2.75, 3.05) is 6.54 Å². The third kappa shape index (κ3) is 3.20. The molecule has 0 radical (unpaired) electrons. The summed E-state index contributed by atoms with van der Waals surface area (Å²) in [5.41, 5.74) is 2.21. The summed E-state index contributed by atoms with van der Waals surface area (Å²) in [6.45, 7) is 1.35. The quantitative estimate of drug-likeness (QED) is 0.917. The van der Waals surface area contributed by atoms with E-state index in [1.807, 2.05) is 4.90 Å². The molecule has 2 aromatic heterocycles. The Balaban J connectivity index is 1.40. The number of nitrogens with one attached hydrogen (secondary N) is 1. The van der Waals surface area contributed by atoms with Crippen molar-refractivity contribution in [3.63, 3.8) is 0 Å². The fourth-order valence-corrected chi connectivity index (χ4v) is 4.48. The predicted molar refractivity (Wildman–Crippen MR) is 95.0 cm³/mol. The van der Waals surface area contributed by atoms with E-state index >= 15 is 0 Å². The third-order valence-electron chi connectivity index (χ3n) is 5.01. The predicted octanol–water partition coefficient (Wildman–Crippen LogP) is 3.80. The number of urea groups is 1. The first-order valence-electron chi connectivity index (χ1n) is 8.82. The SMILES string of the molecule is Cn1cccc1C1CCCCN1C(=O)NCc1csc(C2CC2)n1. The molecule has 1 unspecified atom stereocenters. The van der Waals surface area contributed by atoms with Crippen LogP contribution in [0.25, 0.3) is 0 Å². The number of nitrogens with zero attached hydrogens (tertiary/aromatic N) is 3. The van der Waals surface area contributed by atoms with Crippen molar-refractivity contribution in [3.8, 4) is 0 Å². The van der Waals surface area contributed by atoms with Crippen LogP contribution in [-0.4, -0.2) is 27.0 Å². The van der Waals surface area contributed by atoms with Gasteiger partial charge in [-0.3, -0.25) is 0 Å². The molecule has 1 aliphatic carbocycles. The van der Waals surface area contributed by atoms with Gasteiger partial charge in [0, 0.05) is 36.8 Å². The van der Waals surface area contributed by atoms with E-state index in [0.717, 1.165) is 25.1 Å². The number of amides is 2. The Bertz CT molecular complexity index is 718. The Morgan fingerprint density at radius 1 is 1.38 bits per heavy atom. The van der Waals surface area contributed by atoms with Crippen LogP contribution in [0.15, 0.2) is 23.7 Å². The van der Waals surface area contributed by atoms with Gasteiger partial charge in [-0.05, 0) is 44.2 Å². The Kier molecular flexibility index (Phi) is 4.31. The van der Waals surface area contributed by atoms with Crippen LogP contribution in [0.1, 0.15) is 60.5 Å². The Morgan fingerprint density at radius 2 is 2.25 bits per heavy atom. The van der Waals surface area contributed by atoms with E-state index < -0.39 is 0 Å². The smallest absolute Gasteiger partial charge is 0.318 e. The summed E-state index contributed by atoms with van der Waals surface area (Å²) in [5, 5.41) is 6.39. The van der Waals surface area contributed by atoms with E-state index in [2.05, 4.69) is 45.6 Å². The zero-order chi connectivity index (χ0) is 16.5. The fourth-order valence-electron chi connectivity index (χ4n) is 3.49. The van der Waals surface area contributed by atoms with Gasteiger partial charge in [0.1, 0.15) is 0 Å². The minimum absolute atomic E-state index is 0.0295. The van der Waals surface area contributed by atoms with E-state index in [1.54, 1.807) is 11.3 Å². The average molecular weight is 344 g/mol. The van der Waals surface area contributed by atoms with Crippen molar-refractivity contribution in [2.24, 2.45) is 7.05 Å². The molecular weight excluding hydrogens is 320 g/mol. The van der Waals surface area contributed by atoms with Gasteiger partial charge in [-0.1, -0.05) is 0 Å². The zero-order valence-corrected chi connectivity index (χ0v) is 14.9. The van der Waals surface area contributed by atoms with Crippen molar-refractivity contribution in [2.45, 2.75) is 50.6 Å². The average Bonchev–Trinajstić information content (AvgIpc) is 3.19. The largest absolute Gasteiger partial charge is 0.353 e. The van der Waals surface area contributed by atoms with Crippen molar-refractivity contribution in [3.05, 3.63) is 40.1 Å². The van der Waals surface area contributed by atoms with Crippen LogP contribution in [0.3, 0.4) is 0 Å². The number of rotatable bonds is 4. The molecular formula is C18H24N4OS. The highest BCUT2D eigenvalue weighted by Gasteiger charge is 2.30. The molecule has 1 saturated heterocycles. The topological polar surface area (TPSA) is 50.2 Å². The van der Waals surface area contributed by atoms with Crippen LogP contribution in [0.2, 0.25) is 0 Å². The first-order chi connectivity index (χ1) is 11.7. The number of aryl methyl sites for hydroxylation is 1. The van der Waals surface area contributed by atoms with Gasteiger partial charge in [0.05, 0.1) is 23.3 Å². The molecule has 2 aromatic rings. The van der Waals surface area contributed by atoms with Crippen LogP contribution in [-0.2, 0) is 13.6 Å². The van der Waals surface area contributed by atoms with Crippen LogP contribution in [0.4, 0.5) is 4.79 Å². The number of hydrogen-bond donors (Lipinski definition) is 1. The molecule has 2 amide bonds. The Hall–Kier alpha value is -1.82. The van der Waals surface area contributed by atoms with E-state index in [-0.39, 0.29) is 12.1 Å². The summed E-state index contributed by atoms with van der Waals surface area (Å²) < 4.78 is 2.12. The maximum absolute atomic E-state index is 12.7. The first-order valence-corrected chi connectivity index (χ1v) is 9.70. The lowest BCUT2D eigenvalue weighted by atomic mass is 10.00. The molecule has 24 heavy (non-hydrogen) atoms. The van der Waals surface area contributed by atoms with E-state index in [9.17, 15) is 4.79 Å². The second-order valence-electron chi connectivity index (χ2n) is 6.86. The van der Waals surface area contributed by atoms with Crippen molar-refractivity contribution >= 4 is 17.4 Å². The second kappa shape index (κ2) is 6.59. The van der Waals surface area contributed by atoms with Crippen LogP contribution < -0.4 is 5.32 Å². The summed E-state index contributed by atoms with van der Waals surface area (Å²) in [6, 6.07) is 4.38. The normalized spacial score (nSPS) is 21.0. The first kappa shape index (κ1) is 15.7. The van der Waals surface area contributed by atoms with Gasteiger partial charge in [-0.15, -0.1) is 11.3 Å². The number of aromatic nitrogens is 2. The van der Waals surface area contributed by atoms with Crippen LogP contribution in [0.5, 0.6) is 0 Å². The summed E-state index contributed by atoms with van der Waals surface area (Å²) in [7, 11) is 2.05. The number of carbonyl (C=O) groups excluding carboxylic acids is 1. The number of likely N-dealkylation sites (tertiary alicyclic amines) is 1. The highest BCUT2D eigenvalue weighted by molar-refractivity contribution is 7.09. The number of thiazole rings is 1. The lowest BCUT2D eigenvalue weighted by Crippen LogP contribution is -2.44. The van der Waals surface area contributed by atoms with Gasteiger partial charge in [0.25, 0.3) is 0 Å². The zero-order valence-electron chi connectivity index (χ0n) is 14.1. The van der Waals surface area contributed by atoms with Gasteiger partial charge >= 0.3 is 6.03 Å². The monoisotopic (exact) mass is 344 g/mol. The third-order valence-corrected chi connectivity index (χ3v) is 6.06. The van der Waals surface area contributed by atoms with Gasteiger partial charge in [-0.25, -0.2) is 9.78 Å². The summed E-state index contributed by atoms with van der Waals surface area (Å²) in [4.78, 5) is 19.4. The molecule has 1 atom stereocenters. The molecule has 2 aliphatic rings. The van der Waals surface area contributed by atoms with E-state index in [0.29, 0.717) is 12.5 Å². The van der Waals surface area contributed by atoms with Gasteiger partial charge in [0.2, 0.25) is 0 Å². The van der Waals surface area contributed by atoms with E-state index in [1.165, 1.54) is 30.0 Å². The molecule has 0 bridgehead atoms. The maximum atomic E-state index is 12.7. The van der Waals surface area contributed by atoms with Gasteiger partial charge < -0.3 is 14.8 Å². The molecule has 1 saturated carbocycles. The Morgan fingerprint density at radius 3 is 3.00 bits per heavy atom. The summed E-state index contributed by atoms with van der Waals surface area (Å²) >= 11 is 1.73. The maximum Gasteiger partial charge on any atom is 0.318 e. The number of carbonyl (C=O) groups is 1. The standard InChI is InChI=1S/C18H24N4OS/c1-21-9-4-6-15(21)16-5-2-3-10-22(16)18(23)19-11-14-12-24-17(20-14)13-7-8-13/h4,6,9,12-13,16H,2-3,5,7-8,10-11H2,1H3,(H,19,23). The minimum Gasteiger partial charge on any atom is -0.353 e.